The van der Waals surface area contributed by atoms with Gasteiger partial charge in [-0.15, -0.1) is 0 Å². The highest BCUT2D eigenvalue weighted by Gasteiger charge is 2.29. The van der Waals surface area contributed by atoms with Crippen LogP contribution in [0.1, 0.15) is 33.0 Å². The summed E-state index contributed by atoms with van der Waals surface area (Å²) in [6.07, 6.45) is 5.25. The van der Waals surface area contributed by atoms with Crippen LogP contribution in [0.4, 0.5) is 17.1 Å². The van der Waals surface area contributed by atoms with Gasteiger partial charge in [0.25, 0.3) is 5.91 Å². The molecule has 1 aromatic heterocycles. The summed E-state index contributed by atoms with van der Waals surface area (Å²) < 4.78 is 0. The number of H-pyrrole nitrogens is 1. The fraction of sp³-hybridized carbons (Fsp3) is 0.0769. The van der Waals surface area contributed by atoms with Crippen LogP contribution in [-0.4, -0.2) is 33.3 Å². The smallest absolute Gasteiger partial charge is 0.258 e. The molecule has 1 aliphatic rings. The number of aromatic nitrogens is 2. The molecule has 0 saturated carbocycles. The predicted molar refractivity (Wildman–Crippen MR) is 130 cm³/mol. The Morgan fingerprint density at radius 2 is 1.94 bits per heavy atom. The summed E-state index contributed by atoms with van der Waals surface area (Å²) in [7, 11) is 0. The van der Waals surface area contributed by atoms with Gasteiger partial charge in [-0.25, -0.2) is 0 Å². The number of aromatic amines is 1. The maximum Gasteiger partial charge on any atom is 0.258 e. The molecule has 0 saturated heterocycles. The third-order valence-electron chi connectivity index (χ3n) is 5.55. The first-order valence-corrected chi connectivity index (χ1v) is 10.7. The van der Waals surface area contributed by atoms with Crippen LogP contribution < -0.4 is 10.6 Å². The third kappa shape index (κ3) is 4.56. The molecule has 0 radical (unpaired) electrons. The molecule has 0 spiro atoms. The SMILES string of the molecule is O=C(Nc1cccc(Cc2ccc3c(c2)C(C=Nc2cccc(O)c2)C(=O)N3)c1)c1cn[nH]c1. The highest BCUT2D eigenvalue weighted by Crippen LogP contribution is 2.33. The molecule has 34 heavy (non-hydrogen) atoms. The minimum Gasteiger partial charge on any atom is -0.508 e. The first-order chi connectivity index (χ1) is 16.5. The van der Waals surface area contributed by atoms with E-state index in [0.717, 1.165) is 22.4 Å². The molecule has 8 heteroatoms. The largest absolute Gasteiger partial charge is 0.508 e. The number of fused-ring (bicyclic) bond motifs is 1. The molecule has 1 aliphatic heterocycles. The Morgan fingerprint density at radius 1 is 1.09 bits per heavy atom. The van der Waals surface area contributed by atoms with E-state index in [-0.39, 0.29) is 17.6 Å². The molecule has 1 atom stereocenters. The van der Waals surface area contributed by atoms with Crippen molar-refractivity contribution in [1.29, 1.82) is 0 Å². The molecular formula is C26H21N5O3. The Labute approximate surface area is 195 Å². The lowest BCUT2D eigenvalue weighted by molar-refractivity contribution is -0.115. The first-order valence-electron chi connectivity index (χ1n) is 10.7. The lowest BCUT2D eigenvalue weighted by Gasteiger charge is -2.09. The molecular weight excluding hydrogens is 430 g/mol. The number of phenols is 1. The van der Waals surface area contributed by atoms with Crippen molar-refractivity contribution in [1.82, 2.24) is 10.2 Å². The summed E-state index contributed by atoms with van der Waals surface area (Å²) in [6, 6.07) is 20.1. The van der Waals surface area contributed by atoms with Crippen molar-refractivity contribution in [2.45, 2.75) is 12.3 Å². The van der Waals surface area contributed by atoms with Crippen molar-refractivity contribution >= 4 is 35.1 Å². The standard InChI is InChI=1S/C26H21N5O3/c32-21-6-2-4-19(12-21)27-15-23-22-11-17(7-8-24(22)31-26(23)34)9-16-3-1-5-20(10-16)30-25(33)18-13-28-29-14-18/h1-8,10-15,23,32H,9H2,(H,28,29)(H,30,33)(H,31,34). The average molecular weight is 451 g/mol. The minimum absolute atomic E-state index is 0.122. The highest BCUT2D eigenvalue weighted by atomic mass is 16.3. The fourth-order valence-corrected chi connectivity index (χ4v) is 3.90. The van der Waals surface area contributed by atoms with E-state index in [1.807, 2.05) is 42.5 Å². The fourth-order valence-electron chi connectivity index (χ4n) is 3.90. The molecule has 3 aromatic carbocycles. The van der Waals surface area contributed by atoms with Gasteiger partial charge in [-0.1, -0.05) is 30.3 Å². The number of hydrogen-bond donors (Lipinski definition) is 4. The van der Waals surface area contributed by atoms with E-state index >= 15 is 0 Å². The number of aromatic hydroxyl groups is 1. The second-order valence-corrected chi connectivity index (χ2v) is 8.00. The van der Waals surface area contributed by atoms with Crippen LogP contribution in [0.5, 0.6) is 5.75 Å². The Kier molecular flexibility index (Phi) is 5.61. The van der Waals surface area contributed by atoms with E-state index in [0.29, 0.717) is 23.4 Å². The van der Waals surface area contributed by atoms with Crippen molar-refractivity contribution in [3.63, 3.8) is 0 Å². The number of carbonyl (C=O) groups excluding carboxylic acids is 2. The van der Waals surface area contributed by atoms with E-state index < -0.39 is 5.92 Å². The van der Waals surface area contributed by atoms with Gasteiger partial charge < -0.3 is 15.7 Å². The lowest BCUT2D eigenvalue weighted by atomic mass is 9.96. The molecule has 8 nitrogen and oxygen atoms in total. The van der Waals surface area contributed by atoms with Gasteiger partial charge in [-0.3, -0.25) is 19.7 Å². The molecule has 0 bridgehead atoms. The third-order valence-corrected chi connectivity index (χ3v) is 5.55. The number of hydrogen-bond acceptors (Lipinski definition) is 5. The molecule has 4 aromatic rings. The summed E-state index contributed by atoms with van der Waals surface area (Å²) in [6.45, 7) is 0. The van der Waals surface area contributed by atoms with Gasteiger partial charge in [-0.05, 0) is 53.4 Å². The van der Waals surface area contributed by atoms with Crippen LogP contribution in [0.3, 0.4) is 0 Å². The molecule has 2 amide bonds. The topological polar surface area (TPSA) is 119 Å². The van der Waals surface area contributed by atoms with Gasteiger partial charge in [-0.2, -0.15) is 5.10 Å². The summed E-state index contributed by atoms with van der Waals surface area (Å²) in [5.41, 5.74) is 5.40. The highest BCUT2D eigenvalue weighted by molar-refractivity contribution is 6.12. The van der Waals surface area contributed by atoms with Gasteiger partial charge in [0.15, 0.2) is 0 Å². The van der Waals surface area contributed by atoms with E-state index in [4.69, 9.17) is 0 Å². The summed E-state index contributed by atoms with van der Waals surface area (Å²) in [4.78, 5) is 29.2. The molecule has 0 aliphatic carbocycles. The van der Waals surface area contributed by atoms with Crippen molar-refractivity contribution < 1.29 is 14.7 Å². The van der Waals surface area contributed by atoms with Crippen LogP contribution in [0.15, 0.2) is 84.1 Å². The number of aliphatic imine (C=N–C) groups is 1. The van der Waals surface area contributed by atoms with Gasteiger partial charge in [0.2, 0.25) is 5.91 Å². The zero-order chi connectivity index (χ0) is 23.5. The summed E-state index contributed by atoms with van der Waals surface area (Å²) in [5.74, 6) is -0.767. The van der Waals surface area contributed by atoms with E-state index in [2.05, 4.69) is 25.8 Å². The van der Waals surface area contributed by atoms with Crippen LogP contribution in [0.2, 0.25) is 0 Å². The maximum atomic E-state index is 12.5. The van der Waals surface area contributed by atoms with Gasteiger partial charge in [0, 0.05) is 29.9 Å². The number of amides is 2. The second-order valence-electron chi connectivity index (χ2n) is 8.00. The van der Waals surface area contributed by atoms with Crippen LogP contribution in [0.25, 0.3) is 0 Å². The predicted octanol–water partition coefficient (Wildman–Crippen LogP) is 4.40. The first kappa shape index (κ1) is 21.1. The summed E-state index contributed by atoms with van der Waals surface area (Å²) in [5, 5.41) is 21.8. The number of nitrogens with zero attached hydrogens (tertiary/aromatic N) is 2. The van der Waals surface area contributed by atoms with Crippen molar-refractivity contribution in [3.8, 4) is 5.75 Å². The molecule has 2 heterocycles. The number of nitrogens with one attached hydrogen (secondary N) is 3. The van der Waals surface area contributed by atoms with Crippen LogP contribution >= 0.6 is 0 Å². The monoisotopic (exact) mass is 451 g/mol. The number of anilines is 2. The molecule has 1 unspecified atom stereocenters. The Hall–Kier alpha value is -4.72. The number of carbonyl (C=O) groups is 2. The zero-order valence-electron chi connectivity index (χ0n) is 18.0. The molecule has 4 N–H and O–H groups in total. The van der Waals surface area contributed by atoms with Crippen LogP contribution in [0, 0.1) is 0 Å². The summed E-state index contributed by atoms with van der Waals surface area (Å²) >= 11 is 0. The average Bonchev–Trinajstić information content (AvgIpc) is 3.46. The van der Waals surface area contributed by atoms with E-state index in [1.165, 1.54) is 6.20 Å². The maximum absolute atomic E-state index is 12.5. The Morgan fingerprint density at radius 3 is 2.76 bits per heavy atom. The normalized spacial score (nSPS) is 14.7. The van der Waals surface area contributed by atoms with E-state index in [1.54, 1.807) is 36.7 Å². The quantitative estimate of drug-likeness (QED) is 0.325. The minimum atomic E-state index is -0.516. The lowest BCUT2D eigenvalue weighted by Crippen LogP contribution is -2.12. The molecule has 0 fully saturated rings. The van der Waals surface area contributed by atoms with Gasteiger partial charge in [0.05, 0.1) is 17.4 Å². The van der Waals surface area contributed by atoms with Gasteiger partial charge in [0.1, 0.15) is 11.7 Å². The van der Waals surface area contributed by atoms with Crippen molar-refractivity contribution in [2.75, 3.05) is 10.6 Å². The van der Waals surface area contributed by atoms with E-state index in [9.17, 15) is 14.7 Å². The molecule has 168 valence electrons. The van der Waals surface area contributed by atoms with Crippen molar-refractivity contribution in [3.05, 3.63) is 101 Å². The van der Waals surface area contributed by atoms with Gasteiger partial charge >= 0.3 is 0 Å². The Balaban J connectivity index is 1.34. The number of benzene rings is 3. The second kappa shape index (κ2) is 9.03. The number of rotatable bonds is 6. The Bertz CT molecular complexity index is 1400. The van der Waals surface area contributed by atoms with Crippen molar-refractivity contribution in [2.24, 2.45) is 4.99 Å². The molecule has 5 rings (SSSR count). The zero-order valence-corrected chi connectivity index (χ0v) is 18.0. The number of phenolic OH excluding ortho intramolecular Hbond substituents is 1. The van der Waals surface area contributed by atoms with Crippen LogP contribution in [-0.2, 0) is 11.2 Å².